The summed E-state index contributed by atoms with van der Waals surface area (Å²) < 4.78 is 31.5. The molecule has 126 valence electrons. The molecule has 1 N–H and O–H groups in total. The minimum atomic E-state index is -0.717. The van der Waals surface area contributed by atoms with Crippen LogP contribution in [-0.4, -0.2) is 42.6 Å². The van der Waals surface area contributed by atoms with Gasteiger partial charge in [-0.3, -0.25) is 4.79 Å². The molecule has 2 bridgehead atoms. The van der Waals surface area contributed by atoms with Crippen molar-refractivity contribution in [1.29, 1.82) is 0 Å². The SMILES string of the molecule is O=C(CCCOc1ccc(F)cc1F)N1CCC2CCC(C1)N2. The molecule has 4 nitrogen and oxygen atoms in total. The van der Waals surface area contributed by atoms with Gasteiger partial charge in [-0.2, -0.15) is 0 Å². The van der Waals surface area contributed by atoms with E-state index in [0.717, 1.165) is 38.1 Å². The van der Waals surface area contributed by atoms with E-state index in [9.17, 15) is 13.6 Å². The lowest BCUT2D eigenvalue weighted by molar-refractivity contribution is -0.131. The molecule has 0 aliphatic carbocycles. The molecule has 2 fully saturated rings. The molecule has 2 atom stereocenters. The van der Waals surface area contributed by atoms with Crippen molar-refractivity contribution in [2.75, 3.05) is 19.7 Å². The van der Waals surface area contributed by atoms with E-state index in [2.05, 4.69) is 5.32 Å². The van der Waals surface area contributed by atoms with Crippen molar-refractivity contribution in [2.24, 2.45) is 0 Å². The van der Waals surface area contributed by atoms with Gasteiger partial charge in [0.2, 0.25) is 5.91 Å². The number of benzene rings is 1. The maximum atomic E-state index is 13.4. The van der Waals surface area contributed by atoms with Crippen LogP contribution in [0.4, 0.5) is 8.78 Å². The second-order valence-corrected chi connectivity index (χ2v) is 6.29. The third-order valence-corrected chi connectivity index (χ3v) is 4.56. The van der Waals surface area contributed by atoms with Crippen molar-refractivity contribution < 1.29 is 18.3 Å². The lowest BCUT2D eigenvalue weighted by Crippen LogP contribution is -2.39. The van der Waals surface area contributed by atoms with Crippen molar-refractivity contribution in [1.82, 2.24) is 10.2 Å². The first-order valence-electron chi connectivity index (χ1n) is 8.23. The number of amides is 1. The normalized spacial score (nSPS) is 23.7. The average molecular weight is 324 g/mol. The van der Waals surface area contributed by atoms with Crippen LogP contribution in [0, 0.1) is 11.6 Å². The van der Waals surface area contributed by atoms with Crippen LogP contribution in [0.3, 0.4) is 0 Å². The van der Waals surface area contributed by atoms with Gasteiger partial charge in [0.15, 0.2) is 11.6 Å². The van der Waals surface area contributed by atoms with E-state index in [-0.39, 0.29) is 18.3 Å². The molecule has 23 heavy (non-hydrogen) atoms. The zero-order valence-corrected chi connectivity index (χ0v) is 13.1. The summed E-state index contributed by atoms with van der Waals surface area (Å²) in [7, 11) is 0. The minimum Gasteiger partial charge on any atom is -0.491 e. The molecule has 0 aromatic heterocycles. The topological polar surface area (TPSA) is 41.6 Å². The maximum Gasteiger partial charge on any atom is 0.222 e. The number of halogens is 2. The molecule has 1 aromatic rings. The van der Waals surface area contributed by atoms with Crippen LogP contribution in [0.2, 0.25) is 0 Å². The third-order valence-electron chi connectivity index (χ3n) is 4.56. The second-order valence-electron chi connectivity index (χ2n) is 6.29. The van der Waals surface area contributed by atoms with Gasteiger partial charge in [-0.15, -0.1) is 0 Å². The van der Waals surface area contributed by atoms with Gasteiger partial charge in [0.25, 0.3) is 0 Å². The van der Waals surface area contributed by atoms with Crippen molar-refractivity contribution in [3.8, 4) is 5.75 Å². The third kappa shape index (κ3) is 4.19. The van der Waals surface area contributed by atoms with E-state index in [1.54, 1.807) is 0 Å². The van der Waals surface area contributed by atoms with Gasteiger partial charge in [-0.25, -0.2) is 8.78 Å². The Hall–Kier alpha value is -1.69. The van der Waals surface area contributed by atoms with Gasteiger partial charge in [0.1, 0.15) is 5.82 Å². The Balaban J connectivity index is 1.40. The smallest absolute Gasteiger partial charge is 0.222 e. The highest BCUT2D eigenvalue weighted by Crippen LogP contribution is 2.21. The van der Waals surface area contributed by atoms with Crippen LogP contribution < -0.4 is 10.1 Å². The molecule has 2 saturated heterocycles. The van der Waals surface area contributed by atoms with Gasteiger partial charge < -0.3 is 15.0 Å². The number of likely N-dealkylation sites (tertiary alicyclic amines) is 1. The van der Waals surface area contributed by atoms with Crippen LogP contribution in [0.5, 0.6) is 5.75 Å². The van der Waals surface area contributed by atoms with E-state index in [4.69, 9.17) is 4.74 Å². The number of fused-ring (bicyclic) bond motifs is 2. The molecular weight excluding hydrogens is 302 g/mol. The first-order chi connectivity index (χ1) is 11.1. The number of carbonyl (C=O) groups is 1. The molecule has 3 rings (SSSR count). The summed E-state index contributed by atoms with van der Waals surface area (Å²) >= 11 is 0. The quantitative estimate of drug-likeness (QED) is 0.846. The molecule has 0 radical (unpaired) electrons. The van der Waals surface area contributed by atoms with Gasteiger partial charge in [0.05, 0.1) is 6.61 Å². The van der Waals surface area contributed by atoms with Crippen LogP contribution in [0.1, 0.15) is 32.1 Å². The fraction of sp³-hybridized carbons (Fsp3) is 0.588. The Bertz CT molecular complexity index is 568. The zero-order valence-electron chi connectivity index (χ0n) is 13.1. The number of hydrogen-bond acceptors (Lipinski definition) is 3. The summed E-state index contributed by atoms with van der Waals surface area (Å²) in [5.41, 5.74) is 0. The zero-order chi connectivity index (χ0) is 16.2. The molecule has 2 unspecified atom stereocenters. The highest BCUT2D eigenvalue weighted by Gasteiger charge is 2.30. The fourth-order valence-corrected chi connectivity index (χ4v) is 3.33. The molecule has 0 spiro atoms. The maximum absolute atomic E-state index is 13.4. The number of nitrogens with zero attached hydrogens (tertiary/aromatic N) is 1. The summed E-state index contributed by atoms with van der Waals surface area (Å²) in [5, 5.41) is 3.55. The summed E-state index contributed by atoms with van der Waals surface area (Å²) in [5.74, 6) is -1.20. The predicted molar refractivity (Wildman–Crippen MR) is 82.2 cm³/mol. The predicted octanol–water partition coefficient (Wildman–Crippen LogP) is 2.48. The molecule has 0 saturated carbocycles. The molecule has 1 amide bonds. The number of ether oxygens (including phenoxy) is 1. The van der Waals surface area contributed by atoms with E-state index in [1.807, 2.05) is 4.90 Å². The second kappa shape index (κ2) is 7.25. The molecule has 2 aliphatic rings. The van der Waals surface area contributed by atoms with Crippen LogP contribution in [0.15, 0.2) is 18.2 Å². The molecule has 6 heteroatoms. The highest BCUT2D eigenvalue weighted by molar-refractivity contribution is 5.76. The standard InChI is InChI=1S/C17H22F2N2O2/c18-12-3-6-16(15(19)10-12)23-9-1-2-17(22)21-8-7-13-4-5-14(11-21)20-13/h3,6,10,13-14,20H,1-2,4-5,7-9,11H2. The summed E-state index contributed by atoms with van der Waals surface area (Å²) in [4.78, 5) is 14.2. The van der Waals surface area contributed by atoms with E-state index in [1.165, 1.54) is 12.5 Å². The molecule has 1 aromatic carbocycles. The number of carbonyl (C=O) groups excluding carboxylic acids is 1. The molecule has 2 heterocycles. The minimum absolute atomic E-state index is 0.0233. The van der Waals surface area contributed by atoms with Gasteiger partial charge >= 0.3 is 0 Å². The number of hydrogen-bond donors (Lipinski definition) is 1. The van der Waals surface area contributed by atoms with Crippen molar-refractivity contribution in [3.05, 3.63) is 29.8 Å². The molecular formula is C17H22F2N2O2. The Morgan fingerprint density at radius 2 is 2.09 bits per heavy atom. The van der Waals surface area contributed by atoms with Crippen molar-refractivity contribution in [2.45, 2.75) is 44.2 Å². The highest BCUT2D eigenvalue weighted by atomic mass is 19.1. The summed E-state index contributed by atoms with van der Waals surface area (Å²) in [6.45, 7) is 1.83. The lowest BCUT2D eigenvalue weighted by atomic mass is 10.1. The molecule has 2 aliphatic heterocycles. The Labute approximate surface area is 134 Å². The Morgan fingerprint density at radius 3 is 2.91 bits per heavy atom. The first kappa shape index (κ1) is 16.2. The van der Waals surface area contributed by atoms with Crippen LogP contribution in [0.25, 0.3) is 0 Å². The number of nitrogens with one attached hydrogen (secondary N) is 1. The van der Waals surface area contributed by atoms with Crippen LogP contribution in [-0.2, 0) is 4.79 Å². The fourth-order valence-electron chi connectivity index (χ4n) is 3.33. The van der Waals surface area contributed by atoms with E-state index < -0.39 is 11.6 Å². The summed E-state index contributed by atoms with van der Waals surface area (Å²) in [6.07, 6.45) is 4.28. The largest absolute Gasteiger partial charge is 0.491 e. The first-order valence-corrected chi connectivity index (χ1v) is 8.23. The van der Waals surface area contributed by atoms with Gasteiger partial charge in [-0.05, 0) is 37.8 Å². The Kier molecular flexibility index (Phi) is 5.10. The van der Waals surface area contributed by atoms with Crippen LogP contribution >= 0.6 is 0 Å². The van der Waals surface area contributed by atoms with Gasteiger partial charge in [-0.1, -0.05) is 0 Å². The van der Waals surface area contributed by atoms with E-state index >= 15 is 0 Å². The average Bonchev–Trinajstić information content (AvgIpc) is 2.84. The van der Waals surface area contributed by atoms with Crippen molar-refractivity contribution >= 4 is 5.91 Å². The lowest BCUT2D eigenvalue weighted by Gasteiger charge is -2.24. The van der Waals surface area contributed by atoms with Crippen molar-refractivity contribution in [3.63, 3.8) is 0 Å². The Morgan fingerprint density at radius 1 is 1.26 bits per heavy atom. The van der Waals surface area contributed by atoms with E-state index in [0.29, 0.717) is 24.9 Å². The monoisotopic (exact) mass is 324 g/mol. The number of rotatable bonds is 5. The van der Waals surface area contributed by atoms with Gasteiger partial charge in [0, 0.05) is 37.7 Å². The summed E-state index contributed by atoms with van der Waals surface area (Å²) in [6, 6.07) is 4.20.